The molecule has 8 heteroatoms. The predicted octanol–water partition coefficient (Wildman–Crippen LogP) is 5.44. The molecule has 1 saturated heterocycles. The Kier molecular flexibility index (Phi) is 6.04. The summed E-state index contributed by atoms with van der Waals surface area (Å²) in [6.07, 6.45) is 9.92. The molecule has 3 aromatic heterocycles. The molecule has 6 nitrogen and oxygen atoms in total. The minimum Gasteiger partial charge on any atom is -0.380 e. The first-order valence-corrected chi connectivity index (χ1v) is 12.1. The molecule has 1 aliphatic heterocycles. The van der Waals surface area contributed by atoms with Gasteiger partial charge in [0.05, 0.1) is 18.1 Å². The van der Waals surface area contributed by atoms with Crippen molar-refractivity contribution in [3.05, 3.63) is 90.3 Å². The molecule has 0 radical (unpaired) electrons. The Balaban J connectivity index is 1.54. The number of halogens is 2. The van der Waals surface area contributed by atoms with Crippen molar-refractivity contribution in [1.82, 2.24) is 24.2 Å². The van der Waals surface area contributed by atoms with Crippen molar-refractivity contribution in [2.75, 3.05) is 20.1 Å². The van der Waals surface area contributed by atoms with E-state index in [4.69, 9.17) is 0 Å². The summed E-state index contributed by atoms with van der Waals surface area (Å²) in [6, 6.07) is 12.0. The Morgan fingerprint density at radius 2 is 1.69 bits per heavy atom. The van der Waals surface area contributed by atoms with Gasteiger partial charge in [-0.1, -0.05) is 45.0 Å². The van der Waals surface area contributed by atoms with E-state index < -0.39 is 17.6 Å². The first kappa shape index (κ1) is 24.3. The molecule has 0 amide bonds. The third kappa shape index (κ3) is 4.04. The second-order valence-corrected chi connectivity index (χ2v) is 10.4. The summed E-state index contributed by atoms with van der Waals surface area (Å²) in [6.45, 7) is 5.25. The molecular formula is C28H31F2N5O. The third-order valence-corrected chi connectivity index (χ3v) is 7.37. The van der Waals surface area contributed by atoms with E-state index in [1.54, 1.807) is 12.4 Å². The molecule has 4 heterocycles. The fourth-order valence-corrected chi connectivity index (χ4v) is 5.44. The molecule has 4 aromatic rings. The van der Waals surface area contributed by atoms with Crippen LogP contribution in [0.2, 0.25) is 0 Å². The van der Waals surface area contributed by atoms with Gasteiger partial charge in [-0.3, -0.25) is 4.98 Å². The van der Waals surface area contributed by atoms with Gasteiger partial charge in [-0.25, -0.2) is 4.68 Å². The van der Waals surface area contributed by atoms with Crippen LogP contribution in [0.4, 0.5) is 8.78 Å². The highest BCUT2D eigenvalue weighted by molar-refractivity contribution is 5.62. The standard InChI is InChI=1S/C28H31F2N5O/c1-19(2)20-5-7-23(8-6-20)28(36,27(3)17-33(4)18-27)24-11-25(14-31-13-24)34-10-9-21(15-34)22-12-32-35(16-22)26(29)30/h5-16,19,26,36H,17-18H2,1-4H3/t28-/m0/s1. The Labute approximate surface area is 209 Å². The zero-order chi connectivity index (χ0) is 25.7. The normalized spacial score (nSPS) is 17.4. The number of benzene rings is 1. The zero-order valence-corrected chi connectivity index (χ0v) is 20.9. The van der Waals surface area contributed by atoms with E-state index in [1.807, 2.05) is 41.2 Å². The molecule has 1 N–H and O–H groups in total. The van der Waals surface area contributed by atoms with Crippen LogP contribution in [0.5, 0.6) is 0 Å². The van der Waals surface area contributed by atoms with Crippen LogP contribution in [0.3, 0.4) is 0 Å². The SMILES string of the molecule is CC(C)c1ccc([C@](O)(c2cncc(-n3ccc(-c4cnn(C(F)F)c4)c3)c2)C2(C)CN(C)C2)cc1. The Morgan fingerprint density at radius 3 is 2.31 bits per heavy atom. The Bertz CT molecular complexity index is 1350. The number of aromatic nitrogens is 4. The van der Waals surface area contributed by atoms with Crippen LogP contribution in [-0.4, -0.2) is 49.5 Å². The van der Waals surface area contributed by atoms with Crippen molar-refractivity contribution in [3.63, 3.8) is 0 Å². The lowest BCUT2D eigenvalue weighted by Gasteiger charge is -2.55. The summed E-state index contributed by atoms with van der Waals surface area (Å²) in [5.41, 5.74) is 3.28. The first-order valence-electron chi connectivity index (χ1n) is 12.1. The van der Waals surface area contributed by atoms with Gasteiger partial charge < -0.3 is 14.6 Å². The molecule has 0 aliphatic carbocycles. The quantitative estimate of drug-likeness (QED) is 0.374. The van der Waals surface area contributed by atoms with E-state index >= 15 is 0 Å². The summed E-state index contributed by atoms with van der Waals surface area (Å²) in [5, 5.41) is 16.2. The summed E-state index contributed by atoms with van der Waals surface area (Å²) in [7, 11) is 2.05. The fraction of sp³-hybridized carbons (Fsp3) is 0.357. The molecule has 0 saturated carbocycles. The van der Waals surface area contributed by atoms with Gasteiger partial charge in [-0.15, -0.1) is 0 Å². The minimum atomic E-state index is -2.68. The first-order chi connectivity index (χ1) is 17.1. The average molecular weight is 492 g/mol. The summed E-state index contributed by atoms with van der Waals surface area (Å²) in [5.74, 6) is 0.401. The third-order valence-electron chi connectivity index (χ3n) is 7.37. The number of pyridine rings is 1. The van der Waals surface area contributed by atoms with Crippen molar-refractivity contribution < 1.29 is 13.9 Å². The second-order valence-electron chi connectivity index (χ2n) is 10.4. The number of likely N-dealkylation sites (tertiary alicyclic amines) is 1. The van der Waals surface area contributed by atoms with Crippen molar-refractivity contribution in [1.29, 1.82) is 0 Å². The van der Waals surface area contributed by atoms with E-state index in [0.29, 0.717) is 21.7 Å². The maximum Gasteiger partial charge on any atom is 0.333 e. The van der Waals surface area contributed by atoms with Gasteiger partial charge in [0.2, 0.25) is 0 Å². The van der Waals surface area contributed by atoms with Crippen molar-refractivity contribution in [2.24, 2.45) is 5.41 Å². The largest absolute Gasteiger partial charge is 0.380 e. The van der Waals surface area contributed by atoms with E-state index in [2.05, 4.69) is 54.9 Å². The second kappa shape index (κ2) is 8.94. The van der Waals surface area contributed by atoms with Gasteiger partial charge in [-0.2, -0.15) is 13.9 Å². The number of nitrogens with zero attached hydrogens (tertiary/aromatic N) is 5. The van der Waals surface area contributed by atoms with E-state index in [9.17, 15) is 13.9 Å². The highest BCUT2D eigenvalue weighted by atomic mass is 19.3. The lowest BCUT2D eigenvalue weighted by Crippen LogP contribution is -2.63. The van der Waals surface area contributed by atoms with Gasteiger partial charge in [0.15, 0.2) is 0 Å². The monoisotopic (exact) mass is 491 g/mol. The van der Waals surface area contributed by atoms with Crippen molar-refractivity contribution in [2.45, 2.75) is 38.8 Å². The molecule has 1 aromatic carbocycles. The number of hydrogen-bond acceptors (Lipinski definition) is 4. The molecule has 0 bridgehead atoms. The summed E-state index contributed by atoms with van der Waals surface area (Å²) >= 11 is 0. The van der Waals surface area contributed by atoms with Crippen LogP contribution in [0.25, 0.3) is 16.8 Å². The molecule has 0 spiro atoms. The molecule has 0 unspecified atom stereocenters. The van der Waals surface area contributed by atoms with Gasteiger partial charge in [0.1, 0.15) is 5.60 Å². The summed E-state index contributed by atoms with van der Waals surface area (Å²) < 4.78 is 28.4. The highest BCUT2D eigenvalue weighted by Gasteiger charge is 2.55. The maximum atomic E-state index is 12.9. The average Bonchev–Trinajstić information content (AvgIpc) is 3.53. The smallest absolute Gasteiger partial charge is 0.333 e. The summed E-state index contributed by atoms with van der Waals surface area (Å²) in [4.78, 5) is 6.69. The molecule has 36 heavy (non-hydrogen) atoms. The number of rotatable bonds is 7. The van der Waals surface area contributed by atoms with Crippen LogP contribution >= 0.6 is 0 Å². The molecule has 1 atom stereocenters. The molecule has 1 aliphatic rings. The van der Waals surface area contributed by atoms with Gasteiger partial charge in [0, 0.05) is 60.0 Å². The van der Waals surface area contributed by atoms with E-state index in [-0.39, 0.29) is 0 Å². The number of hydrogen-bond donors (Lipinski definition) is 1. The van der Waals surface area contributed by atoms with Crippen LogP contribution in [0, 0.1) is 5.41 Å². The fourth-order valence-electron chi connectivity index (χ4n) is 5.44. The molecule has 1 fully saturated rings. The minimum absolute atomic E-state index is 0.396. The van der Waals surface area contributed by atoms with Gasteiger partial charge in [-0.05, 0) is 36.2 Å². The number of alkyl halides is 2. The van der Waals surface area contributed by atoms with E-state index in [0.717, 1.165) is 29.9 Å². The lowest BCUT2D eigenvalue weighted by molar-refractivity contribution is -0.127. The van der Waals surface area contributed by atoms with Crippen LogP contribution in [0.1, 0.15) is 49.9 Å². The van der Waals surface area contributed by atoms with Gasteiger partial charge >= 0.3 is 6.55 Å². The van der Waals surface area contributed by atoms with Crippen LogP contribution in [-0.2, 0) is 5.60 Å². The van der Waals surface area contributed by atoms with Crippen LogP contribution < -0.4 is 0 Å². The number of aliphatic hydroxyl groups is 1. The predicted molar refractivity (Wildman–Crippen MR) is 135 cm³/mol. The molecule has 188 valence electrons. The lowest BCUT2D eigenvalue weighted by atomic mass is 9.62. The Morgan fingerprint density at radius 1 is 0.972 bits per heavy atom. The van der Waals surface area contributed by atoms with Crippen molar-refractivity contribution in [3.8, 4) is 16.8 Å². The van der Waals surface area contributed by atoms with Gasteiger partial charge in [0.25, 0.3) is 0 Å². The van der Waals surface area contributed by atoms with Crippen LogP contribution in [0.15, 0.2) is 73.6 Å². The maximum absolute atomic E-state index is 12.9. The highest BCUT2D eigenvalue weighted by Crippen LogP contribution is 2.50. The Hall–Kier alpha value is -3.36. The van der Waals surface area contributed by atoms with Crippen molar-refractivity contribution >= 4 is 0 Å². The molecular weight excluding hydrogens is 460 g/mol. The zero-order valence-electron chi connectivity index (χ0n) is 20.9. The molecule has 5 rings (SSSR count). The van der Waals surface area contributed by atoms with E-state index in [1.165, 1.54) is 18.0 Å². The topological polar surface area (TPSA) is 59.1 Å².